The molecule has 1 aliphatic heterocycles. The number of nitrogens with two attached hydrogens (primary N) is 1. The molecule has 10 heteroatoms. The van der Waals surface area contributed by atoms with E-state index in [1.807, 2.05) is 6.07 Å². The van der Waals surface area contributed by atoms with E-state index >= 15 is 0 Å². The molecule has 3 amide bonds. The first kappa shape index (κ1) is 30.5. The fourth-order valence-corrected chi connectivity index (χ4v) is 5.38. The summed E-state index contributed by atoms with van der Waals surface area (Å²) in [5.74, 6) is -1.79. The van der Waals surface area contributed by atoms with E-state index in [0.717, 1.165) is 24.8 Å². The van der Waals surface area contributed by atoms with Crippen molar-refractivity contribution in [1.82, 2.24) is 15.5 Å². The highest BCUT2D eigenvalue weighted by Gasteiger charge is 2.44. The van der Waals surface area contributed by atoms with Crippen LogP contribution in [0.15, 0.2) is 42.5 Å². The second-order valence-electron chi connectivity index (χ2n) is 11.2. The van der Waals surface area contributed by atoms with Crippen LogP contribution in [0.25, 0.3) is 0 Å². The van der Waals surface area contributed by atoms with Crippen LogP contribution in [0.4, 0.5) is 4.39 Å². The average molecular weight is 569 g/mol. The Bertz CT molecular complexity index is 1250. The Labute approximate surface area is 240 Å². The van der Waals surface area contributed by atoms with Crippen LogP contribution >= 0.6 is 0 Å². The first-order chi connectivity index (χ1) is 19.6. The SMILES string of the molecule is CCc1cccc(C2(NC[C@@H](O)[C@@H]3Cc4cc(F)cc(c4)OCCCCC(=O)N(C)[C@@H](CC(N)=O)C(=O)N3)CC2)c1. The Balaban J connectivity index is 1.59. The maximum atomic E-state index is 14.5. The molecule has 2 aliphatic rings. The number of hydrogen-bond donors (Lipinski definition) is 4. The molecular weight excluding hydrogens is 527 g/mol. The lowest BCUT2D eigenvalue weighted by atomic mass is 9.97. The molecule has 0 spiro atoms. The zero-order valence-corrected chi connectivity index (χ0v) is 23.8. The maximum Gasteiger partial charge on any atom is 0.243 e. The molecule has 41 heavy (non-hydrogen) atoms. The number of rotatable bonds is 8. The van der Waals surface area contributed by atoms with Crippen LogP contribution in [-0.2, 0) is 32.8 Å². The van der Waals surface area contributed by atoms with Crippen molar-refractivity contribution < 1.29 is 28.6 Å². The monoisotopic (exact) mass is 568 g/mol. The van der Waals surface area contributed by atoms with Gasteiger partial charge in [0, 0.05) is 31.6 Å². The first-order valence-electron chi connectivity index (χ1n) is 14.4. The molecule has 9 nitrogen and oxygen atoms in total. The lowest BCUT2D eigenvalue weighted by molar-refractivity contribution is -0.141. The Morgan fingerprint density at radius 1 is 1.24 bits per heavy atom. The van der Waals surface area contributed by atoms with Crippen molar-refractivity contribution in [3.8, 4) is 5.75 Å². The van der Waals surface area contributed by atoms with E-state index in [9.17, 15) is 23.9 Å². The van der Waals surface area contributed by atoms with Crippen molar-refractivity contribution in [3.05, 3.63) is 65.0 Å². The third kappa shape index (κ3) is 8.04. The summed E-state index contributed by atoms with van der Waals surface area (Å²) in [6.07, 6.45) is 2.62. The second kappa shape index (κ2) is 13.4. The van der Waals surface area contributed by atoms with Crippen LogP contribution < -0.4 is 21.1 Å². The highest BCUT2D eigenvalue weighted by atomic mass is 19.1. The van der Waals surface area contributed by atoms with Crippen molar-refractivity contribution in [1.29, 1.82) is 0 Å². The van der Waals surface area contributed by atoms with Crippen molar-refractivity contribution >= 4 is 17.7 Å². The van der Waals surface area contributed by atoms with E-state index in [1.54, 1.807) is 6.07 Å². The van der Waals surface area contributed by atoms with Gasteiger partial charge in [0.1, 0.15) is 17.6 Å². The number of carbonyl (C=O) groups excluding carboxylic acids is 3. The van der Waals surface area contributed by atoms with Crippen LogP contribution in [-0.4, -0.2) is 66.1 Å². The van der Waals surface area contributed by atoms with Gasteiger partial charge in [0.15, 0.2) is 0 Å². The molecule has 3 atom stereocenters. The topological polar surface area (TPSA) is 134 Å². The fourth-order valence-electron chi connectivity index (χ4n) is 5.38. The molecule has 2 aromatic carbocycles. The van der Waals surface area contributed by atoms with Gasteiger partial charge in [-0.1, -0.05) is 31.2 Å². The Morgan fingerprint density at radius 2 is 2.02 bits per heavy atom. The van der Waals surface area contributed by atoms with Crippen molar-refractivity contribution in [2.75, 3.05) is 20.2 Å². The number of carbonyl (C=O) groups is 3. The van der Waals surface area contributed by atoms with Crippen molar-refractivity contribution in [2.45, 2.75) is 82.0 Å². The Morgan fingerprint density at radius 3 is 2.73 bits per heavy atom. The smallest absolute Gasteiger partial charge is 0.243 e. The summed E-state index contributed by atoms with van der Waals surface area (Å²) >= 11 is 0. The quantitative estimate of drug-likeness (QED) is 0.386. The minimum absolute atomic E-state index is 0.0992. The lowest BCUT2D eigenvalue weighted by Crippen LogP contribution is -2.56. The minimum atomic E-state index is -1.14. The van der Waals surface area contributed by atoms with Crippen LogP contribution in [0.5, 0.6) is 5.75 Å². The largest absolute Gasteiger partial charge is 0.493 e. The Hall–Kier alpha value is -3.50. The molecule has 4 rings (SSSR count). The van der Waals surface area contributed by atoms with Crippen LogP contribution in [0.1, 0.15) is 62.1 Å². The molecule has 0 saturated heterocycles. The van der Waals surface area contributed by atoms with Gasteiger partial charge < -0.3 is 31.1 Å². The van der Waals surface area contributed by atoms with Gasteiger partial charge in [0.05, 0.1) is 25.2 Å². The third-order valence-corrected chi connectivity index (χ3v) is 8.08. The standard InChI is InChI=1S/C31H41FN4O5/c1-3-20-7-6-8-22(13-20)31(10-11-31)34-19-27(37)25-16-21-14-23(32)17-24(15-21)41-12-5-4-9-29(39)36(2)26(18-28(33)38)30(40)35-25/h6-8,13-15,17,25-27,34,37H,3-5,9-12,16,18-19H2,1-2H3,(H2,33,38)(H,35,40)/t25-,26-,27+/m0/s1. The molecule has 0 unspecified atom stereocenters. The van der Waals surface area contributed by atoms with Crippen molar-refractivity contribution in [3.63, 3.8) is 0 Å². The van der Waals surface area contributed by atoms with Gasteiger partial charge in [-0.25, -0.2) is 4.39 Å². The number of aryl methyl sites for hydroxylation is 1. The number of hydrogen-bond acceptors (Lipinski definition) is 6. The van der Waals surface area contributed by atoms with Gasteiger partial charge >= 0.3 is 0 Å². The summed E-state index contributed by atoms with van der Waals surface area (Å²) in [6.45, 7) is 2.56. The summed E-state index contributed by atoms with van der Waals surface area (Å²) < 4.78 is 20.3. The zero-order valence-electron chi connectivity index (χ0n) is 23.8. The number of nitrogens with zero attached hydrogens (tertiary/aromatic N) is 1. The molecule has 1 fully saturated rings. The zero-order chi connectivity index (χ0) is 29.6. The summed E-state index contributed by atoms with van der Waals surface area (Å²) in [5, 5.41) is 17.7. The molecular formula is C31H41FN4O5. The molecule has 2 bridgehead atoms. The first-order valence-corrected chi connectivity index (χ1v) is 14.4. The number of benzene rings is 2. The molecule has 1 heterocycles. The highest BCUT2D eigenvalue weighted by molar-refractivity contribution is 5.91. The molecule has 2 aromatic rings. The van der Waals surface area contributed by atoms with Crippen molar-refractivity contribution in [2.24, 2.45) is 5.73 Å². The predicted octanol–water partition coefficient (Wildman–Crippen LogP) is 2.32. The molecule has 0 radical (unpaired) electrons. The van der Waals surface area contributed by atoms with Gasteiger partial charge in [-0.2, -0.15) is 0 Å². The highest BCUT2D eigenvalue weighted by Crippen LogP contribution is 2.45. The number of halogens is 1. The van der Waals surface area contributed by atoms with E-state index in [4.69, 9.17) is 10.5 Å². The van der Waals surface area contributed by atoms with E-state index in [2.05, 4.69) is 35.8 Å². The molecule has 1 aliphatic carbocycles. The number of fused-ring (bicyclic) bond motifs is 2. The van der Waals surface area contributed by atoms with E-state index in [0.29, 0.717) is 30.8 Å². The number of ether oxygens (including phenoxy) is 1. The van der Waals surface area contributed by atoms with Crippen LogP contribution in [0.3, 0.4) is 0 Å². The number of aliphatic hydroxyl groups is 1. The number of amides is 3. The van der Waals surface area contributed by atoms with Gasteiger partial charge in [-0.3, -0.25) is 14.4 Å². The van der Waals surface area contributed by atoms with Gasteiger partial charge in [-0.05, 0) is 67.3 Å². The molecule has 5 N–H and O–H groups in total. The van der Waals surface area contributed by atoms with Crippen LogP contribution in [0, 0.1) is 5.82 Å². The normalized spacial score (nSPS) is 22.1. The fraction of sp³-hybridized carbons (Fsp3) is 0.516. The van der Waals surface area contributed by atoms with E-state index in [1.165, 1.54) is 29.6 Å². The Kier molecular flexibility index (Phi) is 9.99. The molecule has 222 valence electrons. The minimum Gasteiger partial charge on any atom is -0.493 e. The number of likely N-dealkylation sites (N-methyl/N-ethyl adjacent to an activating group) is 1. The van der Waals surface area contributed by atoms with Crippen LogP contribution in [0.2, 0.25) is 0 Å². The average Bonchev–Trinajstić information content (AvgIpc) is 3.74. The van der Waals surface area contributed by atoms with E-state index in [-0.39, 0.29) is 37.3 Å². The lowest BCUT2D eigenvalue weighted by Gasteiger charge is -2.31. The van der Waals surface area contributed by atoms with Gasteiger partial charge in [0.2, 0.25) is 17.7 Å². The number of primary amides is 1. The molecule has 1 saturated carbocycles. The third-order valence-electron chi connectivity index (χ3n) is 8.08. The second-order valence-corrected chi connectivity index (χ2v) is 11.2. The van der Waals surface area contributed by atoms with E-state index < -0.39 is 35.8 Å². The summed E-state index contributed by atoms with van der Waals surface area (Å²) in [4.78, 5) is 39.4. The maximum absolute atomic E-state index is 14.5. The number of aliphatic hydroxyl groups excluding tert-OH is 1. The number of nitrogens with one attached hydrogen (secondary N) is 2. The van der Waals surface area contributed by atoms with Gasteiger partial charge in [0.25, 0.3) is 0 Å². The molecule has 0 aromatic heterocycles. The summed E-state index contributed by atoms with van der Waals surface area (Å²) in [7, 11) is 1.47. The summed E-state index contributed by atoms with van der Waals surface area (Å²) in [6, 6.07) is 10.7. The summed E-state index contributed by atoms with van der Waals surface area (Å²) in [5.41, 5.74) is 8.10. The van der Waals surface area contributed by atoms with Gasteiger partial charge in [-0.15, -0.1) is 0 Å². The predicted molar refractivity (Wildman–Crippen MR) is 152 cm³/mol.